The van der Waals surface area contributed by atoms with Gasteiger partial charge in [0.25, 0.3) is 5.89 Å². The molecule has 1 amide bonds. The number of carbonyl (C=O) groups is 1. The topological polar surface area (TPSA) is 68.0 Å². The molecule has 1 fully saturated rings. The van der Waals surface area contributed by atoms with Crippen molar-refractivity contribution in [2.45, 2.75) is 44.6 Å². The fourth-order valence-electron chi connectivity index (χ4n) is 3.31. The Balaban J connectivity index is 1.52. The highest BCUT2D eigenvalue weighted by Crippen LogP contribution is 2.35. The number of hydrogen-bond donors (Lipinski definition) is 1. The number of aryl methyl sites for hydroxylation is 1. The van der Waals surface area contributed by atoms with Crippen LogP contribution in [0, 0.1) is 5.92 Å². The van der Waals surface area contributed by atoms with Gasteiger partial charge >= 0.3 is 6.43 Å². The molecule has 7 heteroatoms. The molecule has 1 heterocycles. The van der Waals surface area contributed by atoms with Gasteiger partial charge in [0.1, 0.15) is 0 Å². The number of nitrogens with one attached hydrogen (secondary N) is 1. The molecule has 2 aliphatic carbocycles. The van der Waals surface area contributed by atoms with E-state index in [4.69, 9.17) is 0 Å². The van der Waals surface area contributed by atoms with E-state index in [0.717, 1.165) is 43.2 Å². The van der Waals surface area contributed by atoms with Gasteiger partial charge in [0.05, 0.1) is 6.04 Å². The molecule has 126 valence electrons. The number of hydrogen-bond acceptors (Lipinski definition) is 4. The minimum atomic E-state index is -2.77. The first-order chi connectivity index (χ1) is 11.6. The Kier molecular flexibility index (Phi) is 3.78. The van der Waals surface area contributed by atoms with E-state index in [9.17, 15) is 13.6 Å². The van der Waals surface area contributed by atoms with E-state index in [2.05, 4.69) is 20.0 Å². The maximum absolute atomic E-state index is 12.6. The van der Waals surface area contributed by atoms with Crippen molar-refractivity contribution in [2.75, 3.05) is 0 Å². The first-order valence-electron chi connectivity index (χ1n) is 8.17. The van der Waals surface area contributed by atoms with E-state index in [1.165, 1.54) is 0 Å². The quantitative estimate of drug-likeness (QED) is 0.928. The summed E-state index contributed by atoms with van der Waals surface area (Å²) in [5.41, 5.74) is 2.83. The van der Waals surface area contributed by atoms with E-state index in [1.54, 1.807) is 6.07 Å². The van der Waals surface area contributed by atoms with Crippen molar-refractivity contribution in [2.24, 2.45) is 5.92 Å². The molecule has 0 aliphatic heterocycles. The molecule has 0 radical (unpaired) electrons. The van der Waals surface area contributed by atoms with Crippen molar-refractivity contribution in [3.63, 3.8) is 0 Å². The van der Waals surface area contributed by atoms with Crippen molar-refractivity contribution in [1.29, 1.82) is 0 Å². The van der Waals surface area contributed by atoms with Gasteiger partial charge in [-0.2, -0.15) is 13.8 Å². The third kappa shape index (κ3) is 2.68. The van der Waals surface area contributed by atoms with E-state index in [-0.39, 0.29) is 23.7 Å². The lowest BCUT2D eigenvalue weighted by molar-refractivity contribution is -0.128. The summed E-state index contributed by atoms with van der Waals surface area (Å²) in [4.78, 5) is 15.8. The molecule has 0 bridgehead atoms. The molecular formula is C17H17F2N3O2. The van der Waals surface area contributed by atoms with Crippen molar-refractivity contribution < 1.29 is 18.1 Å². The van der Waals surface area contributed by atoms with E-state index in [0.29, 0.717) is 5.56 Å². The van der Waals surface area contributed by atoms with Gasteiger partial charge in [-0.15, -0.1) is 0 Å². The van der Waals surface area contributed by atoms with Crippen LogP contribution in [0.4, 0.5) is 8.78 Å². The van der Waals surface area contributed by atoms with Crippen LogP contribution in [-0.4, -0.2) is 16.0 Å². The third-order valence-electron chi connectivity index (χ3n) is 4.90. The molecule has 1 N–H and O–H groups in total. The smallest absolute Gasteiger partial charge is 0.315 e. The van der Waals surface area contributed by atoms with Gasteiger partial charge < -0.3 is 9.84 Å². The molecule has 0 saturated heterocycles. The molecule has 0 unspecified atom stereocenters. The van der Waals surface area contributed by atoms with Gasteiger partial charge in [0, 0.05) is 11.5 Å². The highest BCUT2D eigenvalue weighted by molar-refractivity contribution is 5.80. The Hall–Kier alpha value is -2.31. The van der Waals surface area contributed by atoms with Crippen LogP contribution in [0.3, 0.4) is 0 Å². The number of alkyl halides is 2. The molecule has 1 aromatic carbocycles. The minimum Gasteiger partial charge on any atom is -0.349 e. The lowest BCUT2D eigenvalue weighted by atomic mass is 9.84. The van der Waals surface area contributed by atoms with Gasteiger partial charge in [-0.3, -0.25) is 4.79 Å². The van der Waals surface area contributed by atoms with Crippen LogP contribution in [0.25, 0.3) is 11.4 Å². The highest BCUT2D eigenvalue weighted by atomic mass is 19.3. The average molecular weight is 333 g/mol. The van der Waals surface area contributed by atoms with Crippen molar-refractivity contribution in [3.05, 3.63) is 35.2 Å². The molecule has 24 heavy (non-hydrogen) atoms. The van der Waals surface area contributed by atoms with Gasteiger partial charge in [-0.1, -0.05) is 23.7 Å². The van der Waals surface area contributed by atoms with Crippen molar-refractivity contribution in [1.82, 2.24) is 15.5 Å². The fraction of sp³-hybridized carbons (Fsp3) is 0.471. The van der Waals surface area contributed by atoms with Gasteiger partial charge in [0.15, 0.2) is 0 Å². The monoisotopic (exact) mass is 333 g/mol. The Labute approximate surface area is 137 Å². The highest BCUT2D eigenvalue weighted by Gasteiger charge is 2.30. The maximum atomic E-state index is 12.6. The lowest BCUT2D eigenvalue weighted by Gasteiger charge is -2.26. The van der Waals surface area contributed by atoms with Crippen molar-refractivity contribution >= 4 is 5.91 Å². The zero-order valence-electron chi connectivity index (χ0n) is 13.0. The van der Waals surface area contributed by atoms with Crippen molar-refractivity contribution in [3.8, 4) is 11.4 Å². The van der Waals surface area contributed by atoms with Crippen LogP contribution < -0.4 is 5.32 Å². The SMILES string of the molecule is O=C(N[C@@H]1CCc2cc(-c3noc(C(F)F)n3)ccc21)C1CCC1. The fourth-order valence-corrected chi connectivity index (χ4v) is 3.31. The number of nitrogens with zero attached hydrogens (tertiary/aromatic N) is 2. The third-order valence-corrected chi connectivity index (χ3v) is 4.90. The Bertz CT molecular complexity index is 771. The molecule has 0 spiro atoms. The molecule has 1 aromatic heterocycles. The van der Waals surface area contributed by atoms with Crippen LogP contribution in [0.2, 0.25) is 0 Å². The Morgan fingerprint density at radius 2 is 2.12 bits per heavy atom. The van der Waals surface area contributed by atoms with Crippen LogP contribution in [-0.2, 0) is 11.2 Å². The summed E-state index contributed by atoms with van der Waals surface area (Å²) < 4.78 is 29.7. The number of amides is 1. The minimum absolute atomic E-state index is 0.0315. The summed E-state index contributed by atoms with van der Waals surface area (Å²) in [7, 11) is 0. The summed E-state index contributed by atoms with van der Waals surface area (Å²) in [6, 6.07) is 5.63. The predicted molar refractivity (Wildman–Crippen MR) is 81.2 cm³/mol. The molecule has 2 aliphatic rings. The first-order valence-corrected chi connectivity index (χ1v) is 8.17. The van der Waals surface area contributed by atoms with E-state index < -0.39 is 12.3 Å². The van der Waals surface area contributed by atoms with Crippen LogP contribution in [0.5, 0.6) is 0 Å². The first kappa shape index (κ1) is 15.2. The predicted octanol–water partition coefficient (Wildman–Crippen LogP) is 3.58. The summed E-state index contributed by atoms with van der Waals surface area (Å²) in [6.07, 6.45) is 2.01. The largest absolute Gasteiger partial charge is 0.349 e. The number of halogens is 2. The Morgan fingerprint density at radius 3 is 2.79 bits per heavy atom. The van der Waals surface area contributed by atoms with Gasteiger partial charge in [-0.25, -0.2) is 0 Å². The number of fused-ring (bicyclic) bond motifs is 1. The zero-order valence-corrected chi connectivity index (χ0v) is 13.0. The second-order valence-electron chi connectivity index (χ2n) is 6.40. The molecule has 2 aromatic rings. The Morgan fingerprint density at radius 1 is 1.29 bits per heavy atom. The number of carbonyl (C=O) groups excluding carboxylic acids is 1. The molecule has 5 nitrogen and oxygen atoms in total. The molecule has 4 rings (SSSR count). The average Bonchev–Trinajstić information content (AvgIpc) is 3.12. The zero-order chi connectivity index (χ0) is 16.7. The number of rotatable bonds is 4. The van der Waals surface area contributed by atoms with Crippen LogP contribution in [0.15, 0.2) is 22.7 Å². The summed E-state index contributed by atoms with van der Waals surface area (Å²) in [6.45, 7) is 0. The maximum Gasteiger partial charge on any atom is 0.315 e. The number of aromatic nitrogens is 2. The summed E-state index contributed by atoms with van der Waals surface area (Å²) in [5.74, 6) is -0.200. The summed E-state index contributed by atoms with van der Waals surface area (Å²) in [5, 5.41) is 6.73. The lowest BCUT2D eigenvalue weighted by Crippen LogP contribution is -2.36. The number of benzene rings is 1. The van der Waals surface area contributed by atoms with Crippen LogP contribution in [0.1, 0.15) is 55.2 Å². The van der Waals surface area contributed by atoms with Crippen LogP contribution >= 0.6 is 0 Å². The second-order valence-corrected chi connectivity index (χ2v) is 6.40. The summed E-state index contributed by atoms with van der Waals surface area (Å²) >= 11 is 0. The van der Waals surface area contributed by atoms with Gasteiger partial charge in [-0.05, 0) is 42.9 Å². The van der Waals surface area contributed by atoms with E-state index in [1.807, 2.05) is 12.1 Å². The van der Waals surface area contributed by atoms with E-state index >= 15 is 0 Å². The molecule has 1 saturated carbocycles. The molecular weight excluding hydrogens is 316 g/mol. The second kappa shape index (κ2) is 5.96. The molecule has 1 atom stereocenters. The van der Waals surface area contributed by atoms with Gasteiger partial charge in [0.2, 0.25) is 11.7 Å². The standard InChI is InChI=1S/C17H17F2N3O2/c18-14(19)17-21-15(22-24-17)11-4-6-12-10(8-11)5-7-13(12)20-16(23)9-2-1-3-9/h4,6,8-9,13-14H,1-3,5,7H2,(H,20,23)/t13-/m1/s1. The normalized spacial score (nSPS) is 20.0.